The number of benzene rings is 1. The number of methoxy groups -OCH3 is 2. The van der Waals surface area contributed by atoms with E-state index in [1.54, 1.807) is 7.11 Å². The molecule has 6 nitrogen and oxygen atoms in total. The largest absolute Gasteiger partial charge is 0.496 e. The molecule has 4 rings (SSSR count). The first-order valence-electron chi connectivity index (χ1n) is 12.5. The third-order valence-corrected chi connectivity index (χ3v) is 9.22. The van der Waals surface area contributed by atoms with E-state index in [4.69, 9.17) is 14.2 Å². The number of hydrogen-bond acceptors (Lipinski definition) is 6. The van der Waals surface area contributed by atoms with Crippen molar-refractivity contribution in [3.8, 4) is 5.75 Å². The third-order valence-electron chi connectivity index (χ3n) is 8.57. The van der Waals surface area contributed by atoms with Crippen LogP contribution in [-0.2, 0) is 31.1 Å². The summed E-state index contributed by atoms with van der Waals surface area (Å²) in [5.74, 6) is 1.41. The van der Waals surface area contributed by atoms with E-state index in [9.17, 15) is 8.42 Å². The standard InChI is InChI=1S/C27H41NO5S/c1-26(19-31-3)10-6-11-27(2)22-18-24(32-4)21(17-20(22)7-8-25(26)27)23(9-16-34(5,29)30)28-12-14-33-15-13-28/h9,16-18,23,25H,6-8,10-15,19H2,1-5H3/b16-9+/t23?,25-,26+,27+/m0/s1. The summed E-state index contributed by atoms with van der Waals surface area (Å²) in [4.78, 5) is 2.29. The third kappa shape index (κ3) is 4.95. The normalized spacial score (nSPS) is 31.1. The van der Waals surface area contributed by atoms with Crippen LogP contribution in [0.2, 0.25) is 0 Å². The van der Waals surface area contributed by atoms with Gasteiger partial charge in [-0.1, -0.05) is 26.3 Å². The second kappa shape index (κ2) is 9.92. The highest BCUT2D eigenvalue weighted by Gasteiger charge is 2.52. The Kier molecular flexibility index (Phi) is 7.49. The molecule has 2 fully saturated rings. The fourth-order valence-corrected chi connectivity index (χ4v) is 7.49. The molecule has 1 heterocycles. The molecule has 2 aliphatic carbocycles. The van der Waals surface area contributed by atoms with Crippen molar-refractivity contribution in [1.82, 2.24) is 4.90 Å². The van der Waals surface area contributed by atoms with Crippen LogP contribution in [0.15, 0.2) is 23.6 Å². The van der Waals surface area contributed by atoms with E-state index in [-0.39, 0.29) is 16.9 Å². The minimum Gasteiger partial charge on any atom is -0.496 e. The van der Waals surface area contributed by atoms with Crippen molar-refractivity contribution in [2.45, 2.75) is 57.4 Å². The number of nitrogens with zero attached hydrogens (tertiary/aromatic N) is 1. The van der Waals surface area contributed by atoms with Crippen LogP contribution in [0.25, 0.3) is 0 Å². The van der Waals surface area contributed by atoms with Crippen molar-refractivity contribution in [2.24, 2.45) is 11.3 Å². The molecule has 1 saturated heterocycles. The maximum absolute atomic E-state index is 12.0. The smallest absolute Gasteiger partial charge is 0.168 e. The van der Waals surface area contributed by atoms with Gasteiger partial charge in [-0.3, -0.25) is 4.90 Å². The average molecular weight is 492 g/mol. The quantitative estimate of drug-likeness (QED) is 0.567. The minimum atomic E-state index is -3.24. The van der Waals surface area contributed by atoms with Crippen LogP contribution in [0.5, 0.6) is 5.75 Å². The summed E-state index contributed by atoms with van der Waals surface area (Å²) in [7, 11) is 0.303. The van der Waals surface area contributed by atoms with Gasteiger partial charge >= 0.3 is 0 Å². The van der Waals surface area contributed by atoms with E-state index in [2.05, 4.69) is 30.9 Å². The number of morpholine rings is 1. The highest BCUT2D eigenvalue weighted by atomic mass is 32.2. The summed E-state index contributed by atoms with van der Waals surface area (Å²) >= 11 is 0. The fraction of sp³-hybridized carbons (Fsp3) is 0.704. The lowest BCUT2D eigenvalue weighted by Crippen LogP contribution is -2.50. The first-order valence-corrected chi connectivity index (χ1v) is 14.5. The molecule has 190 valence electrons. The zero-order chi connectivity index (χ0) is 24.6. The van der Waals surface area contributed by atoms with E-state index in [1.807, 2.05) is 13.2 Å². The van der Waals surface area contributed by atoms with Gasteiger partial charge in [0.05, 0.1) is 33.0 Å². The lowest BCUT2D eigenvalue weighted by Gasteiger charge is -2.55. The van der Waals surface area contributed by atoms with Gasteiger partial charge in [0.2, 0.25) is 0 Å². The predicted molar refractivity (Wildman–Crippen MR) is 135 cm³/mol. The number of hydrogen-bond donors (Lipinski definition) is 0. The maximum atomic E-state index is 12.0. The SMILES string of the molecule is COC[C@@]1(C)CCC[C@]2(C)c3cc(OC)c(C(/C=C/S(C)(=O)=O)N4CCOCC4)cc3CC[C@@H]12. The number of fused-ring (bicyclic) bond motifs is 3. The number of aryl methyl sites for hydroxylation is 1. The van der Waals surface area contributed by atoms with Crippen molar-refractivity contribution in [3.63, 3.8) is 0 Å². The topological polar surface area (TPSA) is 65.1 Å². The molecule has 1 saturated carbocycles. The molecule has 0 bridgehead atoms. The van der Waals surface area contributed by atoms with Crippen LogP contribution in [0.4, 0.5) is 0 Å². The van der Waals surface area contributed by atoms with E-state index < -0.39 is 9.84 Å². The first kappa shape index (κ1) is 25.7. The summed E-state index contributed by atoms with van der Waals surface area (Å²) < 4.78 is 41.2. The Labute approximate surface area is 205 Å². The van der Waals surface area contributed by atoms with E-state index >= 15 is 0 Å². The summed E-state index contributed by atoms with van der Waals surface area (Å²) in [5, 5.41) is 1.33. The Morgan fingerprint density at radius 3 is 2.59 bits per heavy atom. The lowest BCUT2D eigenvalue weighted by molar-refractivity contribution is -0.0325. The van der Waals surface area contributed by atoms with Gasteiger partial charge in [0.1, 0.15) is 5.75 Å². The molecule has 0 amide bonds. The molecule has 0 spiro atoms. The van der Waals surface area contributed by atoms with Crippen LogP contribution in [-0.4, -0.2) is 66.7 Å². The Morgan fingerprint density at radius 2 is 1.94 bits per heavy atom. The molecule has 1 aliphatic heterocycles. The van der Waals surface area contributed by atoms with Gasteiger partial charge in [-0.25, -0.2) is 8.42 Å². The zero-order valence-electron chi connectivity index (χ0n) is 21.4. The highest BCUT2D eigenvalue weighted by molar-refractivity contribution is 7.93. The van der Waals surface area contributed by atoms with Crippen molar-refractivity contribution < 1.29 is 22.6 Å². The molecule has 0 aromatic heterocycles. The molecule has 4 atom stereocenters. The zero-order valence-corrected chi connectivity index (χ0v) is 22.2. The molecular formula is C27H41NO5S. The second-order valence-electron chi connectivity index (χ2n) is 11.0. The van der Waals surface area contributed by atoms with Gasteiger partial charge < -0.3 is 14.2 Å². The van der Waals surface area contributed by atoms with Crippen LogP contribution >= 0.6 is 0 Å². The Bertz CT molecular complexity index is 1010. The van der Waals surface area contributed by atoms with Crippen molar-refractivity contribution in [2.75, 3.05) is 53.4 Å². The Morgan fingerprint density at radius 1 is 1.21 bits per heavy atom. The molecule has 7 heteroatoms. The summed E-state index contributed by atoms with van der Waals surface area (Å²) in [6.07, 6.45) is 8.81. The van der Waals surface area contributed by atoms with Crippen molar-refractivity contribution >= 4 is 9.84 Å². The molecule has 34 heavy (non-hydrogen) atoms. The summed E-state index contributed by atoms with van der Waals surface area (Å²) in [5.41, 5.74) is 4.09. The molecule has 1 aromatic rings. The second-order valence-corrected chi connectivity index (χ2v) is 12.9. The molecule has 1 aromatic carbocycles. The number of rotatable bonds is 7. The average Bonchev–Trinajstić information content (AvgIpc) is 2.79. The van der Waals surface area contributed by atoms with Gasteiger partial charge in [0.25, 0.3) is 0 Å². The van der Waals surface area contributed by atoms with Crippen LogP contribution in [0.1, 0.15) is 62.3 Å². The fourth-order valence-electron chi connectivity index (χ4n) is 7.05. The monoisotopic (exact) mass is 491 g/mol. The Hall–Kier alpha value is -1.41. The predicted octanol–water partition coefficient (Wildman–Crippen LogP) is 4.28. The van der Waals surface area contributed by atoms with E-state index in [0.717, 1.165) is 43.9 Å². The van der Waals surface area contributed by atoms with Gasteiger partial charge in [-0.2, -0.15) is 0 Å². The van der Waals surface area contributed by atoms with Gasteiger partial charge in [-0.05, 0) is 65.7 Å². The molecule has 3 aliphatic rings. The van der Waals surface area contributed by atoms with Crippen LogP contribution < -0.4 is 4.74 Å². The summed E-state index contributed by atoms with van der Waals surface area (Å²) in [6, 6.07) is 4.39. The maximum Gasteiger partial charge on any atom is 0.168 e. The van der Waals surface area contributed by atoms with Crippen molar-refractivity contribution in [3.05, 3.63) is 40.3 Å². The lowest BCUT2D eigenvalue weighted by atomic mass is 9.50. The number of ether oxygens (including phenoxy) is 3. The minimum absolute atomic E-state index is 0.0853. The summed E-state index contributed by atoms with van der Waals surface area (Å²) in [6.45, 7) is 8.45. The van der Waals surface area contributed by atoms with Crippen LogP contribution in [0.3, 0.4) is 0 Å². The highest BCUT2D eigenvalue weighted by Crippen LogP contribution is 2.58. The molecular weight excluding hydrogens is 450 g/mol. The molecule has 0 N–H and O–H groups in total. The van der Waals surface area contributed by atoms with Gasteiger partial charge in [0, 0.05) is 37.4 Å². The van der Waals surface area contributed by atoms with Gasteiger partial charge in [-0.15, -0.1) is 0 Å². The first-order chi connectivity index (χ1) is 16.1. The number of sulfone groups is 1. The molecule has 1 unspecified atom stereocenters. The van der Waals surface area contributed by atoms with Crippen molar-refractivity contribution in [1.29, 1.82) is 0 Å². The van der Waals surface area contributed by atoms with Crippen LogP contribution in [0, 0.1) is 11.3 Å². The van der Waals surface area contributed by atoms with E-state index in [1.165, 1.54) is 42.1 Å². The van der Waals surface area contributed by atoms with E-state index in [0.29, 0.717) is 19.1 Å². The Balaban J connectivity index is 1.79. The van der Waals surface area contributed by atoms with Gasteiger partial charge in [0.15, 0.2) is 9.84 Å². The molecule has 0 radical (unpaired) electrons.